The van der Waals surface area contributed by atoms with Crippen molar-refractivity contribution in [2.75, 3.05) is 19.4 Å². The summed E-state index contributed by atoms with van der Waals surface area (Å²) in [6.45, 7) is 0.630. The molecule has 1 unspecified atom stereocenters. The van der Waals surface area contributed by atoms with Gasteiger partial charge in [-0.15, -0.1) is 11.8 Å². The number of hydrogen-bond donors (Lipinski definition) is 1. The Labute approximate surface area is 77.0 Å². The molecule has 1 aliphatic rings. The summed E-state index contributed by atoms with van der Waals surface area (Å²) >= 11 is 1.63. The van der Waals surface area contributed by atoms with Crippen molar-refractivity contribution in [2.45, 2.75) is 18.1 Å². The van der Waals surface area contributed by atoms with Gasteiger partial charge in [-0.05, 0) is 18.8 Å². The maximum Gasteiger partial charge on any atom is 0.319 e. The average molecular weight is 189 g/mol. The van der Waals surface area contributed by atoms with Gasteiger partial charge in [-0.2, -0.15) is 0 Å². The number of carbonyl (C=O) groups is 1. The molecule has 0 aliphatic heterocycles. The summed E-state index contributed by atoms with van der Waals surface area (Å²) in [4.78, 5) is 11.2. The standard InChI is InChI=1S/C8H15NO2S/c1-11-8(10)7(6-2-3-6)12-5-4-9/h6-7H,2-5,9H2,1H3. The summed E-state index contributed by atoms with van der Waals surface area (Å²) in [5.41, 5.74) is 5.37. The van der Waals surface area contributed by atoms with E-state index in [0.29, 0.717) is 12.5 Å². The molecule has 0 spiro atoms. The van der Waals surface area contributed by atoms with Crippen LogP contribution in [0.25, 0.3) is 0 Å². The van der Waals surface area contributed by atoms with Crippen LogP contribution in [0.4, 0.5) is 0 Å². The Morgan fingerprint density at radius 3 is 2.83 bits per heavy atom. The van der Waals surface area contributed by atoms with Gasteiger partial charge in [0, 0.05) is 12.3 Å². The molecule has 0 radical (unpaired) electrons. The van der Waals surface area contributed by atoms with Crippen LogP contribution in [0.15, 0.2) is 0 Å². The molecule has 4 heteroatoms. The number of carbonyl (C=O) groups excluding carboxylic acids is 1. The first-order chi connectivity index (χ1) is 5.79. The van der Waals surface area contributed by atoms with Crippen LogP contribution >= 0.6 is 11.8 Å². The van der Waals surface area contributed by atoms with Gasteiger partial charge >= 0.3 is 5.97 Å². The van der Waals surface area contributed by atoms with Gasteiger partial charge in [-0.3, -0.25) is 4.79 Å². The van der Waals surface area contributed by atoms with Crippen molar-refractivity contribution in [1.29, 1.82) is 0 Å². The lowest BCUT2D eigenvalue weighted by atomic mass is 10.3. The zero-order valence-corrected chi connectivity index (χ0v) is 8.10. The minimum Gasteiger partial charge on any atom is -0.468 e. The fraction of sp³-hybridized carbons (Fsp3) is 0.875. The van der Waals surface area contributed by atoms with Crippen molar-refractivity contribution < 1.29 is 9.53 Å². The molecule has 3 nitrogen and oxygen atoms in total. The van der Waals surface area contributed by atoms with Gasteiger partial charge in [0.1, 0.15) is 5.25 Å². The van der Waals surface area contributed by atoms with Crippen LogP contribution in [-0.2, 0) is 9.53 Å². The molecular weight excluding hydrogens is 174 g/mol. The Morgan fingerprint density at radius 2 is 2.42 bits per heavy atom. The van der Waals surface area contributed by atoms with Gasteiger partial charge in [0.15, 0.2) is 0 Å². The largest absolute Gasteiger partial charge is 0.468 e. The predicted molar refractivity (Wildman–Crippen MR) is 50.0 cm³/mol. The molecule has 1 saturated carbocycles. The normalized spacial score (nSPS) is 18.8. The zero-order chi connectivity index (χ0) is 8.97. The van der Waals surface area contributed by atoms with E-state index in [9.17, 15) is 4.79 Å². The van der Waals surface area contributed by atoms with Crippen molar-refractivity contribution >= 4 is 17.7 Å². The molecule has 0 aromatic heterocycles. The lowest BCUT2D eigenvalue weighted by molar-refractivity contribution is -0.140. The van der Waals surface area contributed by atoms with Crippen LogP contribution in [0, 0.1) is 5.92 Å². The third-order valence-corrected chi connectivity index (χ3v) is 3.31. The van der Waals surface area contributed by atoms with Crippen molar-refractivity contribution in [3.05, 3.63) is 0 Å². The molecule has 0 aromatic carbocycles. The van der Waals surface area contributed by atoms with Gasteiger partial charge in [0.25, 0.3) is 0 Å². The lowest BCUT2D eigenvalue weighted by Crippen LogP contribution is -2.22. The monoisotopic (exact) mass is 189 g/mol. The summed E-state index contributed by atoms with van der Waals surface area (Å²) in [6.07, 6.45) is 2.33. The number of esters is 1. The molecule has 1 rings (SSSR count). The van der Waals surface area contributed by atoms with E-state index in [1.54, 1.807) is 11.8 Å². The van der Waals surface area contributed by atoms with Crippen LogP contribution in [0.3, 0.4) is 0 Å². The first-order valence-electron chi connectivity index (χ1n) is 4.19. The Bertz CT molecular complexity index is 159. The maximum atomic E-state index is 11.2. The molecule has 0 amide bonds. The average Bonchev–Trinajstić information content (AvgIpc) is 2.88. The van der Waals surface area contributed by atoms with Gasteiger partial charge in [-0.25, -0.2) is 0 Å². The van der Waals surface area contributed by atoms with Gasteiger partial charge in [0.2, 0.25) is 0 Å². The highest BCUT2D eigenvalue weighted by Gasteiger charge is 2.36. The first-order valence-corrected chi connectivity index (χ1v) is 5.24. The SMILES string of the molecule is COC(=O)C(SCCN)C1CC1. The number of ether oxygens (including phenoxy) is 1. The lowest BCUT2D eigenvalue weighted by Gasteiger charge is -2.11. The van der Waals surface area contributed by atoms with Crippen LogP contribution in [-0.4, -0.2) is 30.6 Å². The van der Waals surface area contributed by atoms with Crippen molar-refractivity contribution in [1.82, 2.24) is 0 Å². The molecular formula is C8H15NO2S. The predicted octanol–water partition coefficient (Wildman–Crippen LogP) is 0.630. The summed E-state index contributed by atoms with van der Waals surface area (Å²) < 4.78 is 4.71. The second kappa shape index (κ2) is 4.72. The van der Waals surface area contributed by atoms with Crippen molar-refractivity contribution in [3.63, 3.8) is 0 Å². The van der Waals surface area contributed by atoms with E-state index in [-0.39, 0.29) is 11.2 Å². The maximum absolute atomic E-state index is 11.2. The molecule has 1 atom stereocenters. The fourth-order valence-electron chi connectivity index (χ4n) is 1.11. The van der Waals surface area contributed by atoms with Crippen molar-refractivity contribution in [3.8, 4) is 0 Å². The van der Waals surface area contributed by atoms with Crippen LogP contribution < -0.4 is 5.73 Å². The highest BCUT2D eigenvalue weighted by molar-refractivity contribution is 8.00. The Hall–Kier alpha value is -0.220. The molecule has 12 heavy (non-hydrogen) atoms. The molecule has 2 N–H and O–H groups in total. The van der Waals surface area contributed by atoms with Gasteiger partial charge in [0.05, 0.1) is 7.11 Å². The molecule has 1 aliphatic carbocycles. The fourth-order valence-corrected chi connectivity index (χ4v) is 2.27. The third-order valence-electron chi connectivity index (χ3n) is 1.90. The number of thioether (sulfide) groups is 1. The molecule has 1 fully saturated rings. The first kappa shape index (κ1) is 9.86. The van der Waals surface area contributed by atoms with E-state index in [1.807, 2.05) is 0 Å². The quantitative estimate of drug-likeness (QED) is 0.644. The number of rotatable bonds is 5. The second-order valence-corrected chi connectivity index (χ2v) is 4.19. The summed E-state index contributed by atoms with van der Waals surface area (Å²) in [7, 11) is 1.45. The number of nitrogens with two attached hydrogens (primary N) is 1. The highest BCUT2D eigenvalue weighted by atomic mass is 32.2. The van der Waals surface area contributed by atoms with Crippen LogP contribution in [0.5, 0.6) is 0 Å². The minimum atomic E-state index is -0.0871. The van der Waals surface area contributed by atoms with E-state index in [2.05, 4.69) is 0 Å². The Balaban J connectivity index is 2.32. The Morgan fingerprint density at radius 1 is 1.75 bits per heavy atom. The number of hydrogen-bond acceptors (Lipinski definition) is 4. The summed E-state index contributed by atoms with van der Waals surface area (Å²) in [5, 5.41) is 0.0403. The molecule has 70 valence electrons. The molecule has 0 bridgehead atoms. The number of methoxy groups -OCH3 is 1. The topological polar surface area (TPSA) is 52.3 Å². The van der Waals surface area contributed by atoms with E-state index in [1.165, 1.54) is 7.11 Å². The molecule has 0 heterocycles. The van der Waals surface area contributed by atoms with Crippen LogP contribution in [0.2, 0.25) is 0 Å². The van der Waals surface area contributed by atoms with Gasteiger partial charge < -0.3 is 10.5 Å². The Kier molecular flexibility index (Phi) is 3.88. The minimum absolute atomic E-state index is 0.0403. The smallest absolute Gasteiger partial charge is 0.319 e. The van der Waals surface area contributed by atoms with Crippen molar-refractivity contribution in [2.24, 2.45) is 11.7 Å². The molecule has 0 aromatic rings. The summed E-state index contributed by atoms with van der Waals surface area (Å²) in [5.74, 6) is 1.31. The summed E-state index contributed by atoms with van der Waals surface area (Å²) in [6, 6.07) is 0. The van der Waals surface area contributed by atoms with E-state index in [0.717, 1.165) is 18.6 Å². The van der Waals surface area contributed by atoms with E-state index in [4.69, 9.17) is 10.5 Å². The van der Waals surface area contributed by atoms with E-state index >= 15 is 0 Å². The van der Waals surface area contributed by atoms with Gasteiger partial charge in [-0.1, -0.05) is 0 Å². The third kappa shape index (κ3) is 2.68. The zero-order valence-electron chi connectivity index (χ0n) is 7.29. The molecule has 0 saturated heterocycles. The highest BCUT2D eigenvalue weighted by Crippen LogP contribution is 2.39. The van der Waals surface area contributed by atoms with E-state index < -0.39 is 0 Å². The second-order valence-electron chi connectivity index (χ2n) is 2.94. The van der Waals surface area contributed by atoms with Crippen LogP contribution in [0.1, 0.15) is 12.8 Å².